The van der Waals surface area contributed by atoms with Crippen LogP contribution in [0.5, 0.6) is 0 Å². The molecular formula is C10H19IO2. The first-order chi connectivity index (χ1) is 6.35. The maximum atomic E-state index is 5.35. The molecule has 0 aliphatic carbocycles. The number of allylic oxidation sites excluding steroid dienone is 1. The fraction of sp³-hybridized carbons (Fsp3) is 0.800. The molecule has 0 rings (SSSR count). The third-order valence-electron chi connectivity index (χ3n) is 1.46. The Morgan fingerprint density at radius 3 is 2.31 bits per heavy atom. The largest absolute Gasteiger partial charge is 0.349 e. The van der Waals surface area contributed by atoms with E-state index in [1.54, 1.807) is 0 Å². The van der Waals surface area contributed by atoms with Gasteiger partial charge in [-0.25, -0.2) is 0 Å². The van der Waals surface area contributed by atoms with Crippen molar-refractivity contribution in [2.75, 3.05) is 17.6 Å². The van der Waals surface area contributed by atoms with Crippen LogP contribution in [0.15, 0.2) is 12.2 Å². The van der Waals surface area contributed by atoms with Crippen molar-refractivity contribution in [3.8, 4) is 0 Å². The highest BCUT2D eigenvalue weighted by atomic mass is 127. The van der Waals surface area contributed by atoms with Gasteiger partial charge in [-0.1, -0.05) is 28.7 Å². The summed E-state index contributed by atoms with van der Waals surface area (Å²) in [5, 5.41) is 0. The van der Waals surface area contributed by atoms with E-state index in [0.29, 0.717) is 13.2 Å². The molecule has 0 aromatic carbocycles. The molecule has 0 atom stereocenters. The van der Waals surface area contributed by atoms with Gasteiger partial charge in [0.15, 0.2) is 6.29 Å². The van der Waals surface area contributed by atoms with E-state index in [0.717, 1.165) is 6.42 Å². The van der Waals surface area contributed by atoms with E-state index < -0.39 is 0 Å². The van der Waals surface area contributed by atoms with Gasteiger partial charge in [0.2, 0.25) is 0 Å². The Hall–Kier alpha value is 0.390. The molecule has 3 heteroatoms. The number of rotatable bonds is 8. The van der Waals surface area contributed by atoms with Crippen LogP contribution >= 0.6 is 22.6 Å². The minimum atomic E-state index is -0.149. The van der Waals surface area contributed by atoms with Gasteiger partial charge in [0.05, 0.1) is 0 Å². The third kappa shape index (κ3) is 8.71. The Morgan fingerprint density at radius 1 is 1.23 bits per heavy atom. The lowest BCUT2D eigenvalue weighted by atomic mass is 10.3. The first-order valence-corrected chi connectivity index (χ1v) is 6.33. The van der Waals surface area contributed by atoms with Crippen molar-refractivity contribution in [1.82, 2.24) is 0 Å². The fourth-order valence-electron chi connectivity index (χ4n) is 0.890. The van der Waals surface area contributed by atoms with Gasteiger partial charge in [-0.15, -0.1) is 0 Å². The fourth-order valence-corrected chi connectivity index (χ4v) is 1.33. The van der Waals surface area contributed by atoms with E-state index in [9.17, 15) is 0 Å². The third-order valence-corrected chi connectivity index (χ3v) is 2.22. The van der Waals surface area contributed by atoms with E-state index in [-0.39, 0.29) is 6.29 Å². The molecule has 0 radical (unpaired) electrons. The summed E-state index contributed by atoms with van der Waals surface area (Å²) in [4.78, 5) is 0. The average molecular weight is 298 g/mol. The summed E-state index contributed by atoms with van der Waals surface area (Å²) in [6, 6.07) is 0. The number of hydrogen-bond donors (Lipinski definition) is 0. The van der Waals surface area contributed by atoms with Gasteiger partial charge in [0.1, 0.15) is 0 Å². The lowest BCUT2D eigenvalue weighted by Gasteiger charge is -2.12. The summed E-state index contributed by atoms with van der Waals surface area (Å²) in [6.45, 7) is 5.35. The van der Waals surface area contributed by atoms with Crippen LogP contribution in [0.25, 0.3) is 0 Å². The van der Waals surface area contributed by atoms with Gasteiger partial charge in [0, 0.05) is 13.2 Å². The zero-order valence-electron chi connectivity index (χ0n) is 8.46. The van der Waals surface area contributed by atoms with Gasteiger partial charge in [-0.2, -0.15) is 0 Å². The summed E-state index contributed by atoms with van der Waals surface area (Å²) in [6.07, 6.45) is 6.32. The lowest BCUT2D eigenvalue weighted by molar-refractivity contribution is -0.104. The molecule has 0 saturated carbocycles. The van der Waals surface area contributed by atoms with Crippen molar-refractivity contribution in [1.29, 1.82) is 0 Å². The van der Waals surface area contributed by atoms with Crippen molar-refractivity contribution in [2.45, 2.75) is 33.0 Å². The number of halogens is 1. The second-order valence-electron chi connectivity index (χ2n) is 2.54. The molecule has 13 heavy (non-hydrogen) atoms. The maximum absolute atomic E-state index is 5.35. The quantitative estimate of drug-likeness (QED) is 0.225. The topological polar surface area (TPSA) is 18.5 Å². The van der Waals surface area contributed by atoms with Crippen LogP contribution in [0.3, 0.4) is 0 Å². The van der Waals surface area contributed by atoms with Crippen molar-refractivity contribution >= 4 is 22.6 Å². The smallest absolute Gasteiger partial charge is 0.176 e. The Labute approximate surface area is 94.8 Å². The predicted octanol–water partition coefficient (Wildman–Crippen LogP) is 3.16. The van der Waals surface area contributed by atoms with Crippen LogP contribution in [-0.2, 0) is 9.47 Å². The van der Waals surface area contributed by atoms with Gasteiger partial charge < -0.3 is 9.47 Å². The van der Waals surface area contributed by atoms with Crippen molar-refractivity contribution in [3.63, 3.8) is 0 Å². The Morgan fingerprint density at radius 2 is 1.85 bits per heavy atom. The first kappa shape index (κ1) is 13.4. The summed E-state index contributed by atoms with van der Waals surface area (Å²) in [7, 11) is 0. The molecule has 0 aromatic rings. The zero-order valence-corrected chi connectivity index (χ0v) is 10.6. The molecule has 0 heterocycles. The Bertz CT molecular complexity index is 120. The monoisotopic (exact) mass is 298 g/mol. The molecule has 0 saturated heterocycles. The average Bonchev–Trinajstić information content (AvgIpc) is 2.13. The van der Waals surface area contributed by atoms with Crippen LogP contribution in [0.2, 0.25) is 0 Å². The zero-order chi connectivity index (χ0) is 9.94. The minimum Gasteiger partial charge on any atom is -0.349 e. The van der Waals surface area contributed by atoms with E-state index in [1.807, 2.05) is 19.9 Å². The molecule has 0 unspecified atom stereocenters. The van der Waals surface area contributed by atoms with Crippen LogP contribution < -0.4 is 0 Å². The first-order valence-electron chi connectivity index (χ1n) is 4.81. The molecule has 0 amide bonds. The molecular weight excluding hydrogens is 279 g/mol. The van der Waals surface area contributed by atoms with E-state index in [4.69, 9.17) is 9.47 Å². The maximum Gasteiger partial charge on any atom is 0.176 e. The van der Waals surface area contributed by atoms with Crippen LogP contribution in [0.4, 0.5) is 0 Å². The molecule has 78 valence electrons. The van der Waals surface area contributed by atoms with Crippen molar-refractivity contribution in [3.05, 3.63) is 12.2 Å². The lowest BCUT2D eigenvalue weighted by Crippen LogP contribution is -2.14. The van der Waals surface area contributed by atoms with E-state index >= 15 is 0 Å². The molecule has 0 aromatic heterocycles. The highest BCUT2D eigenvalue weighted by Gasteiger charge is 2.00. The Kier molecular flexibility index (Phi) is 10.8. The summed E-state index contributed by atoms with van der Waals surface area (Å²) < 4.78 is 11.9. The Balaban J connectivity index is 3.58. The number of unbranched alkanes of at least 4 members (excludes halogenated alkanes) is 1. The SMILES string of the molecule is CCOC(/C=C\CCCI)OCC. The number of alkyl halides is 1. The molecule has 2 nitrogen and oxygen atoms in total. The highest BCUT2D eigenvalue weighted by Crippen LogP contribution is 2.01. The normalized spacial score (nSPS) is 11.7. The predicted molar refractivity (Wildman–Crippen MR) is 64.3 cm³/mol. The molecule has 0 spiro atoms. The number of hydrogen-bond acceptors (Lipinski definition) is 2. The second kappa shape index (κ2) is 10.5. The van der Waals surface area contributed by atoms with Gasteiger partial charge >= 0.3 is 0 Å². The molecule has 0 bridgehead atoms. The van der Waals surface area contributed by atoms with Gasteiger partial charge in [-0.3, -0.25) is 0 Å². The molecule has 0 N–H and O–H groups in total. The van der Waals surface area contributed by atoms with Gasteiger partial charge in [-0.05, 0) is 37.2 Å². The molecule has 0 aliphatic rings. The van der Waals surface area contributed by atoms with Crippen LogP contribution in [0, 0.1) is 0 Å². The van der Waals surface area contributed by atoms with Crippen LogP contribution in [0.1, 0.15) is 26.7 Å². The van der Waals surface area contributed by atoms with Crippen LogP contribution in [-0.4, -0.2) is 23.9 Å². The highest BCUT2D eigenvalue weighted by molar-refractivity contribution is 14.1. The summed E-state index contributed by atoms with van der Waals surface area (Å²) in [5.41, 5.74) is 0. The minimum absolute atomic E-state index is 0.149. The summed E-state index contributed by atoms with van der Waals surface area (Å²) >= 11 is 2.38. The summed E-state index contributed by atoms with van der Waals surface area (Å²) in [5.74, 6) is 0. The van der Waals surface area contributed by atoms with Crippen molar-refractivity contribution < 1.29 is 9.47 Å². The van der Waals surface area contributed by atoms with E-state index in [1.165, 1.54) is 10.8 Å². The van der Waals surface area contributed by atoms with E-state index in [2.05, 4.69) is 28.7 Å². The standard InChI is InChI=1S/C10H19IO2/c1-3-12-10(13-4-2)8-6-5-7-9-11/h6,8,10H,3-5,7,9H2,1-2H3/b8-6-. The van der Waals surface area contributed by atoms with Crippen molar-refractivity contribution in [2.24, 2.45) is 0 Å². The molecule has 0 fully saturated rings. The number of ether oxygens (including phenoxy) is 2. The second-order valence-corrected chi connectivity index (χ2v) is 3.62. The molecule has 0 aliphatic heterocycles. The van der Waals surface area contributed by atoms with Gasteiger partial charge in [0.25, 0.3) is 0 Å².